The number of aryl methyl sites for hydroxylation is 1. The third-order valence-corrected chi connectivity index (χ3v) is 3.32. The van der Waals surface area contributed by atoms with Crippen LogP contribution >= 0.6 is 0 Å². The Morgan fingerprint density at radius 3 is 2.17 bits per heavy atom. The fourth-order valence-corrected chi connectivity index (χ4v) is 2.17. The first kappa shape index (κ1) is 15.0. The monoisotopic (exact) mass is 244 g/mol. The summed E-state index contributed by atoms with van der Waals surface area (Å²) in [4.78, 5) is 0. The van der Waals surface area contributed by atoms with Crippen LogP contribution < -0.4 is 0 Å². The number of hydrogen-bond donors (Lipinski definition) is 0. The van der Waals surface area contributed by atoms with Crippen molar-refractivity contribution < 1.29 is 0 Å². The molecule has 0 atom stereocenters. The Balaban J connectivity index is 1.91. The van der Waals surface area contributed by atoms with Crippen molar-refractivity contribution in [1.82, 2.24) is 0 Å². The number of benzene rings is 1. The van der Waals surface area contributed by atoms with Gasteiger partial charge in [0.15, 0.2) is 0 Å². The molecule has 0 amide bonds. The second kappa shape index (κ2) is 11.1. The van der Waals surface area contributed by atoms with Gasteiger partial charge in [-0.05, 0) is 37.7 Å². The van der Waals surface area contributed by atoms with Gasteiger partial charge in [0.2, 0.25) is 0 Å². The highest BCUT2D eigenvalue weighted by Gasteiger charge is 1.90. The Hall–Kier alpha value is -1.04. The fraction of sp³-hybridized carbons (Fsp3) is 0.556. The van der Waals surface area contributed by atoms with Crippen LogP contribution in [0.25, 0.3) is 0 Å². The molecule has 0 aliphatic carbocycles. The van der Waals surface area contributed by atoms with Crippen LogP contribution in [0.5, 0.6) is 0 Å². The van der Waals surface area contributed by atoms with Gasteiger partial charge in [0.05, 0.1) is 0 Å². The van der Waals surface area contributed by atoms with Gasteiger partial charge in [-0.1, -0.05) is 75.1 Å². The van der Waals surface area contributed by atoms with Crippen molar-refractivity contribution in [3.63, 3.8) is 0 Å². The van der Waals surface area contributed by atoms with Gasteiger partial charge in [0.25, 0.3) is 0 Å². The molecule has 0 saturated heterocycles. The van der Waals surface area contributed by atoms with Crippen molar-refractivity contribution in [3.05, 3.63) is 48.0 Å². The van der Waals surface area contributed by atoms with Gasteiger partial charge >= 0.3 is 0 Å². The van der Waals surface area contributed by atoms with E-state index in [1.165, 1.54) is 63.4 Å². The maximum absolute atomic E-state index is 2.37. The summed E-state index contributed by atoms with van der Waals surface area (Å²) < 4.78 is 0. The van der Waals surface area contributed by atoms with E-state index in [4.69, 9.17) is 0 Å². The molecule has 18 heavy (non-hydrogen) atoms. The molecule has 1 aromatic rings. The summed E-state index contributed by atoms with van der Waals surface area (Å²) in [7, 11) is 0. The Labute approximate surface area is 113 Å². The first-order valence-corrected chi connectivity index (χ1v) is 7.62. The van der Waals surface area contributed by atoms with Crippen LogP contribution in [0.1, 0.15) is 63.9 Å². The summed E-state index contributed by atoms with van der Waals surface area (Å²) >= 11 is 0. The van der Waals surface area contributed by atoms with Crippen molar-refractivity contribution in [3.8, 4) is 0 Å². The van der Waals surface area contributed by atoms with E-state index in [2.05, 4.69) is 49.4 Å². The second-order valence-electron chi connectivity index (χ2n) is 5.05. The van der Waals surface area contributed by atoms with Gasteiger partial charge in [-0.3, -0.25) is 0 Å². The van der Waals surface area contributed by atoms with Gasteiger partial charge in [0.1, 0.15) is 0 Å². The maximum atomic E-state index is 2.37. The van der Waals surface area contributed by atoms with E-state index in [1.807, 2.05) is 0 Å². The molecule has 1 aromatic carbocycles. The van der Waals surface area contributed by atoms with Crippen LogP contribution in [0, 0.1) is 0 Å². The van der Waals surface area contributed by atoms with Crippen LogP contribution in [0.15, 0.2) is 42.5 Å². The van der Waals surface area contributed by atoms with E-state index in [0.717, 1.165) is 0 Å². The number of unbranched alkanes of at least 4 members (excludes halogenated alkanes) is 6. The molecule has 0 fully saturated rings. The summed E-state index contributed by atoms with van der Waals surface area (Å²) in [5.74, 6) is 0. The van der Waals surface area contributed by atoms with Gasteiger partial charge in [-0.25, -0.2) is 0 Å². The molecule has 0 saturated carbocycles. The smallest absolute Gasteiger partial charge is 0.0276 e. The Bertz CT molecular complexity index is 297. The third-order valence-electron chi connectivity index (χ3n) is 3.32. The lowest BCUT2D eigenvalue weighted by molar-refractivity contribution is 0.637. The topological polar surface area (TPSA) is 0 Å². The average molecular weight is 244 g/mol. The Morgan fingerprint density at radius 2 is 1.44 bits per heavy atom. The zero-order chi connectivity index (χ0) is 12.9. The molecule has 1 rings (SSSR count). The predicted molar refractivity (Wildman–Crippen MR) is 81.9 cm³/mol. The van der Waals surface area contributed by atoms with E-state index >= 15 is 0 Å². The minimum Gasteiger partial charge on any atom is -0.0885 e. The molecule has 0 N–H and O–H groups in total. The van der Waals surface area contributed by atoms with Crippen molar-refractivity contribution in [1.29, 1.82) is 0 Å². The molecular formula is C18H28. The van der Waals surface area contributed by atoms with Gasteiger partial charge in [0, 0.05) is 0 Å². The molecule has 0 heterocycles. The van der Waals surface area contributed by atoms with Crippen LogP contribution in [0.4, 0.5) is 0 Å². The van der Waals surface area contributed by atoms with Gasteiger partial charge < -0.3 is 0 Å². The first-order valence-electron chi connectivity index (χ1n) is 7.62. The fourth-order valence-electron chi connectivity index (χ4n) is 2.17. The van der Waals surface area contributed by atoms with Crippen LogP contribution in [0.3, 0.4) is 0 Å². The van der Waals surface area contributed by atoms with E-state index in [0.29, 0.717) is 0 Å². The van der Waals surface area contributed by atoms with E-state index in [9.17, 15) is 0 Å². The maximum Gasteiger partial charge on any atom is -0.0276 e. The lowest BCUT2D eigenvalue weighted by Crippen LogP contribution is -1.83. The van der Waals surface area contributed by atoms with Crippen LogP contribution in [-0.4, -0.2) is 0 Å². The Kier molecular flexibility index (Phi) is 9.24. The van der Waals surface area contributed by atoms with Gasteiger partial charge in [-0.2, -0.15) is 0 Å². The van der Waals surface area contributed by atoms with E-state index in [-0.39, 0.29) is 0 Å². The molecule has 0 nitrogen and oxygen atoms in total. The molecule has 0 heteroatoms. The molecular weight excluding hydrogens is 216 g/mol. The van der Waals surface area contributed by atoms with Crippen LogP contribution in [-0.2, 0) is 6.42 Å². The molecule has 0 aliphatic rings. The quantitative estimate of drug-likeness (QED) is 0.353. The summed E-state index contributed by atoms with van der Waals surface area (Å²) in [6, 6.07) is 10.8. The number of hydrogen-bond acceptors (Lipinski definition) is 0. The Morgan fingerprint density at radius 1 is 0.778 bits per heavy atom. The molecule has 100 valence electrons. The highest BCUT2D eigenvalue weighted by atomic mass is 14.0. The lowest BCUT2D eigenvalue weighted by atomic mass is 10.1. The SMILES string of the molecule is CCCCCCCC=CCCCc1ccccc1. The highest BCUT2D eigenvalue weighted by molar-refractivity contribution is 5.14. The largest absolute Gasteiger partial charge is 0.0885 e. The number of rotatable bonds is 10. The minimum absolute atomic E-state index is 1.21. The summed E-state index contributed by atoms with van der Waals surface area (Å²) in [6.07, 6.45) is 16.7. The van der Waals surface area contributed by atoms with Crippen molar-refractivity contribution in [2.24, 2.45) is 0 Å². The molecule has 0 aliphatic heterocycles. The van der Waals surface area contributed by atoms with Crippen molar-refractivity contribution in [2.45, 2.75) is 64.7 Å². The molecule has 0 bridgehead atoms. The summed E-state index contributed by atoms with van der Waals surface area (Å²) in [5, 5.41) is 0. The third kappa shape index (κ3) is 8.11. The van der Waals surface area contributed by atoms with Crippen molar-refractivity contribution in [2.75, 3.05) is 0 Å². The summed E-state index contributed by atoms with van der Waals surface area (Å²) in [6.45, 7) is 2.27. The zero-order valence-corrected chi connectivity index (χ0v) is 11.9. The second-order valence-corrected chi connectivity index (χ2v) is 5.05. The molecule has 0 aromatic heterocycles. The first-order chi connectivity index (χ1) is 8.93. The molecule has 0 unspecified atom stereocenters. The molecule has 0 spiro atoms. The van der Waals surface area contributed by atoms with Gasteiger partial charge in [-0.15, -0.1) is 0 Å². The average Bonchev–Trinajstić information content (AvgIpc) is 2.42. The minimum atomic E-state index is 1.21. The molecule has 0 radical (unpaired) electrons. The van der Waals surface area contributed by atoms with E-state index < -0.39 is 0 Å². The summed E-state index contributed by atoms with van der Waals surface area (Å²) in [5.41, 5.74) is 1.46. The highest BCUT2D eigenvalue weighted by Crippen LogP contribution is 2.07. The van der Waals surface area contributed by atoms with Crippen molar-refractivity contribution >= 4 is 0 Å². The lowest BCUT2D eigenvalue weighted by Gasteiger charge is -1.98. The predicted octanol–water partition coefficient (Wildman–Crippen LogP) is 5.93. The van der Waals surface area contributed by atoms with Crippen LogP contribution in [0.2, 0.25) is 0 Å². The van der Waals surface area contributed by atoms with E-state index in [1.54, 1.807) is 0 Å². The number of allylic oxidation sites excluding steroid dienone is 2. The normalized spacial score (nSPS) is 11.2. The standard InChI is InChI=1S/C18H28/c1-2-3-4-5-6-7-8-9-10-12-15-18-16-13-11-14-17-18/h8-9,11,13-14,16-17H,2-7,10,12,15H2,1H3. The zero-order valence-electron chi connectivity index (χ0n) is 11.9.